The first-order chi connectivity index (χ1) is 13.7. The van der Waals surface area contributed by atoms with Crippen molar-refractivity contribution in [1.82, 2.24) is 5.43 Å². The second kappa shape index (κ2) is 10.1. The molecule has 3 rings (SSSR count). The lowest BCUT2D eigenvalue weighted by Crippen LogP contribution is -2.24. The molecule has 0 aliphatic rings. The molecule has 0 fully saturated rings. The van der Waals surface area contributed by atoms with E-state index in [0.29, 0.717) is 17.4 Å². The maximum absolute atomic E-state index is 11.8. The molecule has 1 amide bonds. The molecular formula is C22H19ClN2O3. The molecule has 0 aliphatic carbocycles. The Morgan fingerprint density at radius 1 is 0.893 bits per heavy atom. The average molecular weight is 395 g/mol. The zero-order valence-electron chi connectivity index (χ0n) is 15.0. The highest BCUT2D eigenvalue weighted by molar-refractivity contribution is 6.30. The van der Waals surface area contributed by atoms with E-state index in [-0.39, 0.29) is 12.5 Å². The van der Waals surface area contributed by atoms with Gasteiger partial charge >= 0.3 is 0 Å². The van der Waals surface area contributed by atoms with Crippen LogP contribution in [-0.2, 0) is 11.4 Å². The Hall–Kier alpha value is -3.31. The Bertz CT molecular complexity index is 911. The molecule has 3 aromatic carbocycles. The van der Waals surface area contributed by atoms with Crippen molar-refractivity contribution in [1.29, 1.82) is 0 Å². The monoisotopic (exact) mass is 394 g/mol. The highest BCUT2D eigenvalue weighted by Crippen LogP contribution is 2.15. The first-order valence-corrected chi connectivity index (χ1v) is 9.04. The summed E-state index contributed by atoms with van der Waals surface area (Å²) in [6, 6.07) is 24.2. The predicted octanol–water partition coefficient (Wildman–Crippen LogP) is 4.45. The molecule has 0 saturated carbocycles. The number of ether oxygens (including phenoxy) is 2. The lowest BCUT2D eigenvalue weighted by molar-refractivity contribution is -0.123. The summed E-state index contributed by atoms with van der Waals surface area (Å²) in [6.45, 7) is 0.378. The quantitative estimate of drug-likeness (QED) is 0.453. The molecule has 28 heavy (non-hydrogen) atoms. The van der Waals surface area contributed by atoms with Crippen molar-refractivity contribution in [3.05, 3.63) is 95.0 Å². The molecule has 3 aromatic rings. The van der Waals surface area contributed by atoms with Gasteiger partial charge in [-0.1, -0.05) is 41.9 Å². The van der Waals surface area contributed by atoms with Gasteiger partial charge in [-0.15, -0.1) is 0 Å². The van der Waals surface area contributed by atoms with Crippen molar-refractivity contribution < 1.29 is 14.3 Å². The highest BCUT2D eigenvalue weighted by Gasteiger charge is 2.01. The Morgan fingerprint density at radius 3 is 2.25 bits per heavy atom. The van der Waals surface area contributed by atoms with Gasteiger partial charge in [0.2, 0.25) is 0 Å². The Labute approximate surface area is 168 Å². The van der Waals surface area contributed by atoms with Crippen LogP contribution in [0, 0.1) is 0 Å². The first kappa shape index (κ1) is 19.5. The van der Waals surface area contributed by atoms with Gasteiger partial charge in [-0.05, 0) is 59.7 Å². The van der Waals surface area contributed by atoms with Gasteiger partial charge < -0.3 is 9.47 Å². The first-order valence-electron chi connectivity index (χ1n) is 8.66. The molecule has 1 N–H and O–H groups in total. The number of halogens is 1. The second-order valence-electron chi connectivity index (χ2n) is 5.88. The van der Waals surface area contributed by atoms with Crippen LogP contribution in [0.4, 0.5) is 0 Å². The molecule has 0 spiro atoms. The lowest BCUT2D eigenvalue weighted by Gasteiger charge is -2.06. The minimum atomic E-state index is -0.353. The Balaban J connectivity index is 1.41. The molecule has 0 aliphatic heterocycles. The summed E-state index contributed by atoms with van der Waals surface area (Å²) in [4.78, 5) is 11.8. The van der Waals surface area contributed by atoms with Crippen molar-refractivity contribution in [2.45, 2.75) is 6.61 Å². The third-order valence-electron chi connectivity index (χ3n) is 3.71. The number of nitrogens with zero attached hydrogens (tertiary/aromatic N) is 1. The minimum Gasteiger partial charge on any atom is -0.489 e. The van der Waals surface area contributed by atoms with Crippen LogP contribution in [-0.4, -0.2) is 18.7 Å². The number of carbonyl (C=O) groups excluding carboxylic acids is 1. The third-order valence-corrected chi connectivity index (χ3v) is 3.97. The number of rotatable bonds is 8. The van der Waals surface area contributed by atoms with Gasteiger partial charge in [0.15, 0.2) is 6.61 Å². The number of nitrogens with one attached hydrogen (secondary N) is 1. The van der Waals surface area contributed by atoms with Crippen LogP contribution in [0.15, 0.2) is 84.0 Å². The van der Waals surface area contributed by atoms with Gasteiger partial charge in [-0.3, -0.25) is 4.79 Å². The predicted molar refractivity (Wildman–Crippen MR) is 110 cm³/mol. The topological polar surface area (TPSA) is 59.9 Å². The molecular weight excluding hydrogens is 376 g/mol. The number of hydrogen-bond acceptors (Lipinski definition) is 4. The molecule has 0 saturated heterocycles. The maximum Gasteiger partial charge on any atom is 0.277 e. The van der Waals surface area contributed by atoms with E-state index in [2.05, 4.69) is 10.5 Å². The van der Waals surface area contributed by atoms with Gasteiger partial charge in [0.1, 0.15) is 18.1 Å². The summed E-state index contributed by atoms with van der Waals surface area (Å²) in [7, 11) is 0. The van der Waals surface area contributed by atoms with E-state index in [0.717, 1.165) is 16.9 Å². The van der Waals surface area contributed by atoms with E-state index < -0.39 is 0 Å². The van der Waals surface area contributed by atoms with E-state index in [1.54, 1.807) is 30.5 Å². The fourth-order valence-electron chi connectivity index (χ4n) is 2.28. The molecule has 5 nitrogen and oxygen atoms in total. The van der Waals surface area contributed by atoms with Crippen LogP contribution in [0.3, 0.4) is 0 Å². The van der Waals surface area contributed by atoms with E-state index in [9.17, 15) is 4.79 Å². The number of amides is 1. The summed E-state index contributed by atoms with van der Waals surface area (Å²) in [5, 5.41) is 4.53. The molecule has 0 radical (unpaired) electrons. The zero-order valence-corrected chi connectivity index (χ0v) is 15.8. The van der Waals surface area contributed by atoms with E-state index >= 15 is 0 Å². The fraction of sp³-hybridized carbons (Fsp3) is 0.0909. The van der Waals surface area contributed by atoms with E-state index in [4.69, 9.17) is 21.1 Å². The Kier molecular flexibility index (Phi) is 7.04. The van der Waals surface area contributed by atoms with Crippen LogP contribution in [0.2, 0.25) is 5.02 Å². The van der Waals surface area contributed by atoms with Gasteiger partial charge in [0.05, 0.1) is 6.21 Å². The maximum atomic E-state index is 11.8. The molecule has 0 bridgehead atoms. The van der Waals surface area contributed by atoms with Gasteiger partial charge in [0, 0.05) is 5.02 Å². The van der Waals surface area contributed by atoms with Crippen molar-refractivity contribution in [2.24, 2.45) is 5.10 Å². The van der Waals surface area contributed by atoms with Crippen molar-refractivity contribution in [3.63, 3.8) is 0 Å². The Morgan fingerprint density at radius 2 is 1.54 bits per heavy atom. The summed E-state index contributed by atoms with van der Waals surface area (Å²) in [6.07, 6.45) is 1.56. The average Bonchev–Trinajstić information content (AvgIpc) is 2.73. The number of hydrazone groups is 1. The molecule has 6 heteroatoms. The van der Waals surface area contributed by atoms with Crippen molar-refractivity contribution in [2.75, 3.05) is 6.61 Å². The van der Waals surface area contributed by atoms with Gasteiger partial charge in [-0.2, -0.15) is 5.10 Å². The molecule has 142 valence electrons. The number of carbonyl (C=O) groups is 1. The van der Waals surface area contributed by atoms with Crippen LogP contribution in [0.5, 0.6) is 11.5 Å². The summed E-state index contributed by atoms with van der Waals surface area (Å²) >= 11 is 5.79. The zero-order chi connectivity index (χ0) is 19.6. The highest BCUT2D eigenvalue weighted by atomic mass is 35.5. The van der Waals surface area contributed by atoms with Crippen LogP contribution in [0.1, 0.15) is 11.1 Å². The van der Waals surface area contributed by atoms with Crippen molar-refractivity contribution in [3.8, 4) is 11.5 Å². The normalized spacial score (nSPS) is 10.6. The molecule has 0 heterocycles. The van der Waals surface area contributed by atoms with E-state index in [1.807, 2.05) is 54.6 Å². The molecule has 0 aromatic heterocycles. The standard InChI is InChI=1S/C22H19ClN2O3/c23-19-8-12-21(13-9-19)28-16-22(26)25-24-14-17-6-10-20(11-7-17)27-15-18-4-2-1-3-5-18/h1-14H,15-16H2,(H,25,26)/b24-14+. The number of benzene rings is 3. The summed E-state index contributed by atoms with van der Waals surface area (Å²) < 4.78 is 11.1. The fourth-order valence-corrected chi connectivity index (χ4v) is 2.41. The van der Waals surface area contributed by atoms with Crippen molar-refractivity contribution >= 4 is 23.7 Å². The SMILES string of the molecule is O=C(COc1ccc(Cl)cc1)N/N=C/c1ccc(OCc2ccccc2)cc1. The lowest BCUT2D eigenvalue weighted by atomic mass is 10.2. The second-order valence-corrected chi connectivity index (χ2v) is 6.32. The molecule has 0 unspecified atom stereocenters. The smallest absolute Gasteiger partial charge is 0.277 e. The van der Waals surface area contributed by atoms with Gasteiger partial charge in [0.25, 0.3) is 5.91 Å². The largest absolute Gasteiger partial charge is 0.489 e. The molecule has 0 atom stereocenters. The summed E-state index contributed by atoms with van der Waals surface area (Å²) in [5.41, 5.74) is 4.37. The van der Waals surface area contributed by atoms with E-state index in [1.165, 1.54) is 0 Å². The van der Waals surface area contributed by atoms with Crippen LogP contribution < -0.4 is 14.9 Å². The van der Waals surface area contributed by atoms with Crippen LogP contribution in [0.25, 0.3) is 0 Å². The number of hydrogen-bond donors (Lipinski definition) is 1. The minimum absolute atomic E-state index is 0.134. The third kappa shape index (κ3) is 6.45. The summed E-state index contributed by atoms with van der Waals surface area (Å²) in [5.74, 6) is 0.977. The van der Waals surface area contributed by atoms with Crippen LogP contribution >= 0.6 is 11.6 Å². The van der Waals surface area contributed by atoms with Gasteiger partial charge in [-0.25, -0.2) is 5.43 Å².